The van der Waals surface area contributed by atoms with E-state index in [1.54, 1.807) is 25.7 Å². The number of nitrogens with zero attached hydrogens (tertiary/aromatic N) is 11. The first-order valence-corrected chi connectivity index (χ1v) is 19.0. The molecule has 0 saturated carbocycles. The van der Waals surface area contributed by atoms with Crippen molar-refractivity contribution in [3.63, 3.8) is 0 Å². The van der Waals surface area contributed by atoms with Crippen LogP contribution < -0.4 is 4.90 Å². The SMILES string of the molecule is Cn1nc2cccc(N(c3ccc(-c4ccc(-c5nc6ccccc6s5)cc4)c4nn(C)nc34)c3ccc(-c4cccc5ccccc45)c4nn(C)nc34)c2n1. The van der Waals surface area contributed by atoms with Crippen LogP contribution in [0, 0.1) is 0 Å². The van der Waals surface area contributed by atoms with E-state index in [4.69, 9.17) is 30.5 Å². The maximum Gasteiger partial charge on any atom is 0.137 e. The summed E-state index contributed by atoms with van der Waals surface area (Å²) in [6.07, 6.45) is 0. The van der Waals surface area contributed by atoms with Gasteiger partial charge in [0.25, 0.3) is 0 Å². The number of aryl methyl sites for hydroxylation is 3. The molecule has 268 valence electrons. The fourth-order valence-electron chi connectivity index (χ4n) is 7.82. The highest BCUT2D eigenvalue weighted by Gasteiger charge is 2.27. The average Bonchev–Trinajstić information content (AvgIpc) is 4.02. The van der Waals surface area contributed by atoms with Gasteiger partial charge >= 0.3 is 0 Å². The van der Waals surface area contributed by atoms with Crippen molar-refractivity contribution in [2.45, 2.75) is 0 Å². The minimum atomic E-state index is 0.733. The average molecular weight is 746 g/mol. The van der Waals surface area contributed by atoms with Gasteiger partial charge in [0.05, 0.1) is 27.3 Å². The number of para-hydroxylation sites is 1. The minimum absolute atomic E-state index is 0.733. The molecular formula is C44H31N11S. The third-order valence-electron chi connectivity index (χ3n) is 10.3. The quantitative estimate of drug-likeness (QED) is 0.166. The molecule has 0 spiro atoms. The molecule has 0 atom stereocenters. The molecule has 0 N–H and O–H groups in total. The lowest BCUT2D eigenvalue weighted by molar-refractivity contribution is 0.665. The summed E-state index contributed by atoms with van der Waals surface area (Å²) in [6, 6.07) is 46.1. The molecule has 0 amide bonds. The van der Waals surface area contributed by atoms with Gasteiger partial charge < -0.3 is 4.90 Å². The van der Waals surface area contributed by atoms with Gasteiger partial charge in [-0.25, -0.2) is 4.98 Å². The Bertz CT molecular complexity index is 3280. The Morgan fingerprint density at radius 3 is 1.79 bits per heavy atom. The molecule has 0 bridgehead atoms. The molecule has 0 radical (unpaired) electrons. The third kappa shape index (κ3) is 5.07. The van der Waals surface area contributed by atoms with Crippen molar-refractivity contribution in [3.05, 3.63) is 133 Å². The Morgan fingerprint density at radius 2 is 1.00 bits per heavy atom. The van der Waals surface area contributed by atoms with E-state index in [0.29, 0.717) is 0 Å². The summed E-state index contributed by atoms with van der Waals surface area (Å²) in [6.45, 7) is 0. The zero-order valence-electron chi connectivity index (χ0n) is 30.5. The molecule has 12 heteroatoms. The summed E-state index contributed by atoms with van der Waals surface area (Å²) in [5, 5.41) is 32.8. The van der Waals surface area contributed by atoms with Gasteiger partial charge in [-0.2, -0.15) is 45.0 Å². The summed E-state index contributed by atoms with van der Waals surface area (Å²) >= 11 is 1.70. The largest absolute Gasteiger partial charge is 0.304 e. The van der Waals surface area contributed by atoms with Crippen LogP contribution >= 0.6 is 11.3 Å². The molecule has 11 nitrogen and oxygen atoms in total. The summed E-state index contributed by atoms with van der Waals surface area (Å²) in [5.74, 6) is 0. The summed E-state index contributed by atoms with van der Waals surface area (Å²) in [4.78, 5) is 11.9. The van der Waals surface area contributed by atoms with Gasteiger partial charge in [0.1, 0.15) is 38.1 Å². The Hall–Kier alpha value is -7.31. The first kappa shape index (κ1) is 32.1. The Labute approximate surface area is 323 Å². The zero-order valence-corrected chi connectivity index (χ0v) is 31.3. The molecule has 0 aliphatic carbocycles. The lowest BCUT2D eigenvalue weighted by atomic mass is 9.96. The van der Waals surface area contributed by atoms with Crippen LogP contribution in [0.15, 0.2) is 133 Å². The molecule has 4 aromatic heterocycles. The maximum atomic E-state index is 5.01. The molecule has 0 fully saturated rings. The van der Waals surface area contributed by atoms with Crippen LogP contribution in [0.4, 0.5) is 17.1 Å². The van der Waals surface area contributed by atoms with Crippen molar-refractivity contribution < 1.29 is 0 Å². The van der Waals surface area contributed by atoms with Gasteiger partial charge in [0, 0.05) is 37.8 Å². The minimum Gasteiger partial charge on any atom is -0.304 e. The van der Waals surface area contributed by atoms with Crippen LogP contribution in [0.5, 0.6) is 0 Å². The number of hydrogen-bond donors (Lipinski definition) is 0. The van der Waals surface area contributed by atoms with E-state index < -0.39 is 0 Å². The van der Waals surface area contributed by atoms with Crippen molar-refractivity contribution in [1.82, 2.24) is 50.0 Å². The topological polar surface area (TPSA) is 108 Å². The van der Waals surface area contributed by atoms with Crippen LogP contribution in [-0.2, 0) is 21.1 Å². The van der Waals surface area contributed by atoms with Gasteiger partial charge in [-0.3, -0.25) is 0 Å². The molecular weight excluding hydrogens is 715 g/mol. The highest BCUT2D eigenvalue weighted by molar-refractivity contribution is 7.21. The molecule has 0 saturated heterocycles. The van der Waals surface area contributed by atoms with Crippen LogP contribution in [-0.4, -0.2) is 50.0 Å². The van der Waals surface area contributed by atoms with Gasteiger partial charge in [-0.1, -0.05) is 84.9 Å². The third-order valence-corrected chi connectivity index (χ3v) is 11.4. The van der Waals surface area contributed by atoms with E-state index in [2.05, 4.69) is 125 Å². The molecule has 0 aliphatic rings. The second-order valence-electron chi connectivity index (χ2n) is 13.8. The lowest BCUT2D eigenvalue weighted by Gasteiger charge is -2.26. The van der Waals surface area contributed by atoms with Crippen molar-refractivity contribution in [3.8, 4) is 32.8 Å². The van der Waals surface area contributed by atoms with Crippen molar-refractivity contribution in [1.29, 1.82) is 0 Å². The Balaban J connectivity index is 1.11. The first-order chi connectivity index (χ1) is 27.5. The monoisotopic (exact) mass is 745 g/mol. The number of thiazole rings is 1. The number of anilines is 3. The van der Waals surface area contributed by atoms with E-state index in [-0.39, 0.29) is 0 Å². The van der Waals surface area contributed by atoms with E-state index in [0.717, 1.165) is 93.9 Å². The molecule has 11 rings (SSSR count). The summed E-state index contributed by atoms with van der Waals surface area (Å²) in [5.41, 5.74) is 13.2. The standard InChI is InChI=1S/C44H31N11S/c1-52-46-34-15-9-16-35(41(34)49-52)55(37-25-23-32(40-43(37)51-54(3)48-40)31-13-8-11-26-10-4-5-12-29(26)31)36-24-22-30(39-42(36)50-53(2)47-39)27-18-20-28(21-19-27)44-45-33-14-6-7-17-38(33)56-44/h4-25H,1-3H3. The second kappa shape index (κ2) is 12.4. The predicted molar refractivity (Wildman–Crippen MR) is 224 cm³/mol. The highest BCUT2D eigenvalue weighted by Crippen LogP contribution is 2.46. The normalized spacial score (nSPS) is 11.8. The first-order valence-electron chi connectivity index (χ1n) is 18.2. The van der Waals surface area contributed by atoms with E-state index in [1.165, 1.54) is 10.1 Å². The summed E-state index contributed by atoms with van der Waals surface area (Å²) < 4.78 is 1.17. The Morgan fingerprint density at radius 1 is 0.429 bits per heavy atom. The number of rotatable bonds is 6. The molecule has 4 heterocycles. The number of fused-ring (bicyclic) bond motifs is 5. The van der Waals surface area contributed by atoms with Crippen molar-refractivity contribution >= 4 is 82.5 Å². The van der Waals surface area contributed by atoms with E-state index >= 15 is 0 Å². The highest BCUT2D eigenvalue weighted by atomic mass is 32.1. The fourth-order valence-corrected chi connectivity index (χ4v) is 8.79. The lowest BCUT2D eigenvalue weighted by Crippen LogP contribution is -2.12. The van der Waals surface area contributed by atoms with Crippen LogP contribution in [0.1, 0.15) is 0 Å². The smallest absolute Gasteiger partial charge is 0.137 e. The number of hydrogen-bond acceptors (Lipinski definition) is 9. The molecule has 11 aromatic rings. The van der Waals surface area contributed by atoms with E-state index in [1.807, 2.05) is 39.3 Å². The van der Waals surface area contributed by atoms with E-state index in [9.17, 15) is 0 Å². The van der Waals surface area contributed by atoms with Crippen LogP contribution in [0.25, 0.3) is 86.9 Å². The molecule has 7 aromatic carbocycles. The maximum absolute atomic E-state index is 5.01. The van der Waals surface area contributed by atoms with Crippen LogP contribution in [0.3, 0.4) is 0 Å². The number of aromatic nitrogens is 10. The molecule has 56 heavy (non-hydrogen) atoms. The van der Waals surface area contributed by atoms with Gasteiger partial charge in [-0.05, 0) is 70.4 Å². The number of benzene rings is 7. The van der Waals surface area contributed by atoms with Gasteiger partial charge in [0.15, 0.2) is 0 Å². The van der Waals surface area contributed by atoms with Crippen LogP contribution in [0.2, 0.25) is 0 Å². The Kier molecular flexibility index (Phi) is 7.10. The zero-order chi connectivity index (χ0) is 37.5. The van der Waals surface area contributed by atoms with Gasteiger partial charge in [-0.15, -0.1) is 11.3 Å². The molecule has 0 unspecified atom stereocenters. The van der Waals surface area contributed by atoms with Crippen molar-refractivity contribution in [2.75, 3.05) is 4.90 Å². The predicted octanol–water partition coefficient (Wildman–Crippen LogP) is 9.77. The summed E-state index contributed by atoms with van der Waals surface area (Å²) in [7, 11) is 5.56. The van der Waals surface area contributed by atoms with Gasteiger partial charge in [0.2, 0.25) is 0 Å². The molecule has 0 aliphatic heterocycles. The fraction of sp³-hybridized carbons (Fsp3) is 0.0682. The second-order valence-corrected chi connectivity index (χ2v) is 14.8. The van der Waals surface area contributed by atoms with Crippen molar-refractivity contribution in [2.24, 2.45) is 21.1 Å².